The highest BCUT2D eigenvalue weighted by atomic mass is 16.5. The van der Waals surface area contributed by atoms with Crippen molar-refractivity contribution >= 4 is 22.9 Å². The van der Waals surface area contributed by atoms with Gasteiger partial charge < -0.3 is 15.0 Å². The number of hydrogen-bond donors (Lipinski definition) is 1. The van der Waals surface area contributed by atoms with Crippen LogP contribution in [0, 0.1) is 0 Å². The van der Waals surface area contributed by atoms with Crippen LogP contribution in [0.2, 0.25) is 0 Å². The van der Waals surface area contributed by atoms with Crippen molar-refractivity contribution in [3.8, 4) is 0 Å². The van der Waals surface area contributed by atoms with Crippen LogP contribution >= 0.6 is 0 Å². The molecule has 1 N–H and O–H groups in total. The molecule has 0 aromatic heterocycles. The number of ether oxygens (including phenoxy) is 1. The Balaban J connectivity index is 1.32. The predicted molar refractivity (Wildman–Crippen MR) is 118 cm³/mol. The van der Waals surface area contributed by atoms with Crippen molar-refractivity contribution in [2.24, 2.45) is 0 Å². The van der Waals surface area contributed by atoms with Gasteiger partial charge in [0.05, 0.1) is 19.3 Å². The van der Waals surface area contributed by atoms with E-state index in [1.807, 2.05) is 25.1 Å². The first-order valence-electron chi connectivity index (χ1n) is 10.4. The minimum atomic E-state index is -0.164. The summed E-state index contributed by atoms with van der Waals surface area (Å²) in [4.78, 5) is 17.3. The van der Waals surface area contributed by atoms with Gasteiger partial charge in [0, 0.05) is 37.6 Å². The molecule has 152 valence electrons. The van der Waals surface area contributed by atoms with E-state index in [4.69, 9.17) is 4.74 Å². The molecule has 2 aliphatic heterocycles. The molecular formula is C24H29N3O2. The molecule has 1 fully saturated rings. The summed E-state index contributed by atoms with van der Waals surface area (Å²) in [5, 5.41) is 3.07. The number of rotatable bonds is 5. The molecule has 2 heterocycles. The van der Waals surface area contributed by atoms with E-state index >= 15 is 0 Å². The van der Waals surface area contributed by atoms with E-state index in [2.05, 4.69) is 57.6 Å². The average Bonchev–Trinajstić information content (AvgIpc) is 2.80. The minimum absolute atomic E-state index is 0.0423. The second kappa shape index (κ2) is 9.25. The zero-order chi connectivity index (χ0) is 20.1. The Bertz CT molecular complexity index is 842. The van der Waals surface area contributed by atoms with Crippen LogP contribution in [0.4, 0.5) is 11.4 Å². The van der Waals surface area contributed by atoms with E-state index in [9.17, 15) is 4.79 Å². The average molecular weight is 392 g/mol. The molecule has 5 heteroatoms. The third kappa shape index (κ3) is 4.86. The first kappa shape index (κ1) is 19.7. The number of carbonyl (C=O) groups excluding carboxylic acids is 1. The number of nitrogens with zero attached hydrogens (tertiary/aromatic N) is 2. The SMILES string of the molecule is C[C@H](C(=O)Nc1ccc(N2CCOCC2)cc1)N1CC=C(c2ccccc2)CC1. The number of nitrogens with one attached hydrogen (secondary N) is 1. The summed E-state index contributed by atoms with van der Waals surface area (Å²) >= 11 is 0. The van der Waals surface area contributed by atoms with Crippen molar-refractivity contribution in [3.63, 3.8) is 0 Å². The van der Waals surface area contributed by atoms with Gasteiger partial charge in [0.15, 0.2) is 0 Å². The lowest BCUT2D eigenvalue weighted by Crippen LogP contribution is -2.44. The Labute approximate surface area is 173 Å². The second-order valence-corrected chi connectivity index (χ2v) is 7.65. The number of morpholine rings is 1. The molecule has 0 saturated carbocycles. The molecule has 5 nitrogen and oxygen atoms in total. The second-order valence-electron chi connectivity index (χ2n) is 7.65. The van der Waals surface area contributed by atoms with Gasteiger partial charge in [-0.1, -0.05) is 36.4 Å². The molecule has 1 atom stereocenters. The Kier molecular flexibility index (Phi) is 6.27. The maximum absolute atomic E-state index is 12.7. The van der Waals surface area contributed by atoms with Crippen LogP contribution in [0.1, 0.15) is 18.9 Å². The summed E-state index contributed by atoms with van der Waals surface area (Å²) in [6.45, 7) is 7.05. The largest absolute Gasteiger partial charge is 0.378 e. The quantitative estimate of drug-likeness (QED) is 0.845. The Hall–Kier alpha value is -2.63. The molecule has 29 heavy (non-hydrogen) atoms. The highest BCUT2D eigenvalue weighted by molar-refractivity contribution is 5.94. The highest BCUT2D eigenvalue weighted by Gasteiger charge is 2.23. The Morgan fingerprint density at radius 1 is 1.00 bits per heavy atom. The summed E-state index contributed by atoms with van der Waals surface area (Å²) < 4.78 is 5.41. The summed E-state index contributed by atoms with van der Waals surface area (Å²) in [5.41, 5.74) is 4.67. The van der Waals surface area contributed by atoms with E-state index < -0.39 is 0 Å². The van der Waals surface area contributed by atoms with Crippen LogP contribution in [0.25, 0.3) is 5.57 Å². The van der Waals surface area contributed by atoms with Gasteiger partial charge in [-0.3, -0.25) is 9.69 Å². The molecule has 2 aromatic rings. The monoisotopic (exact) mass is 391 g/mol. The molecule has 0 aliphatic carbocycles. The Morgan fingerprint density at radius 3 is 2.38 bits per heavy atom. The molecule has 2 aliphatic rings. The third-order valence-electron chi connectivity index (χ3n) is 5.82. The van der Waals surface area contributed by atoms with Gasteiger partial charge in [-0.25, -0.2) is 0 Å². The van der Waals surface area contributed by atoms with Crippen molar-refractivity contribution in [2.45, 2.75) is 19.4 Å². The summed E-state index contributed by atoms with van der Waals surface area (Å²) in [7, 11) is 0. The van der Waals surface area contributed by atoms with Gasteiger partial charge in [0.25, 0.3) is 0 Å². The molecule has 0 spiro atoms. The van der Waals surface area contributed by atoms with Crippen LogP contribution in [-0.4, -0.2) is 56.2 Å². The predicted octanol–water partition coefficient (Wildman–Crippen LogP) is 3.64. The van der Waals surface area contributed by atoms with Gasteiger partial charge >= 0.3 is 0 Å². The van der Waals surface area contributed by atoms with Gasteiger partial charge in [0.1, 0.15) is 0 Å². The maximum atomic E-state index is 12.7. The van der Waals surface area contributed by atoms with E-state index in [-0.39, 0.29) is 11.9 Å². The fraction of sp³-hybridized carbons (Fsp3) is 0.375. The molecule has 0 unspecified atom stereocenters. The van der Waals surface area contributed by atoms with Crippen LogP contribution in [0.3, 0.4) is 0 Å². The van der Waals surface area contributed by atoms with Crippen LogP contribution in [0.15, 0.2) is 60.7 Å². The van der Waals surface area contributed by atoms with Gasteiger partial charge in [0.2, 0.25) is 5.91 Å². The molecule has 1 amide bonds. The zero-order valence-corrected chi connectivity index (χ0v) is 17.0. The smallest absolute Gasteiger partial charge is 0.241 e. The van der Waals surface area contributed by atoms with Crippen molar-refractivity contribution in [3.05, 3.63) is 66.2 Å². The number of anilines is 2. The lowest BCUT2D eigenvalue weighted by molar-refractivity contribution is -0.120. The minimum Gasteiger partial charge on any atom is -0.378 e. The molecule has 4 rings (SSSR count). The first-order chi connectivity index (χ1) is 14.2. The summed E-state index contributed by atoms with van der Waals surface area (Å²) in [5.74, 6) is 0.0423. The fourth-order valence-corrected chi connectivity index (χ4v) is 3.94. The van der Waals surface area contributed by atoms with Gasteiger partial charge in [-0.2, -0.15) is 0 Å². The normalized spacial score (nSPS) is 18.8. The highest BCUT2D eigenvalue weighted by Crippen LogP contribution is 2.24. The maximum Gasteiger partial charge on any atom is 0.241 e. The topological polar surface area (TPSA) is 44.8 Å². The fourth-order valence-electron chi connectivity index (χ4n) is 3.94. The van der Waals surface area contributed by atoms with Gasteiger partial charge in [-0.05, 0) is 48.7 Å². The number of hydrogen-bond acceptors (Lipinski definition) is 4. The van der Waals surface area contributed by atoms with Crippen molar-refractivity contribution in [2.75, 3.05) is 49.6 Å². The zero-order valence-electron chi connectivity index (χ0n) is 17.0. The molecule has 0 radical (unpaired) electrons. The molecular weight excluding hydrogens is 362 g/mol. The molecule has 1 saturated heterocycles. The van der Waals surface area contributed by atoms with Crippen LogP contribution in [0.5, 0.6) is 0 Å². The summed E-state index contributed by atoms with van der Waals surface area (Å²) in [6, 6.07) is 18.4. The van der Waals surface area contributed by atoms with E-state index in [1.54, 1.807) is 0 Å². The number of amides is 1. The van der Waals surface area contributed by atoms with Crippen LogP contribution in [-0.2, 0) is 9.53 Å². The van der Waals surface area contributed by atoms with E-state index in [0.29, 0.717) is 0 Å². The van der Waals surface area contributed by atoms with Gasteiger partial charge in [-0.15, -0.1) is 0 Å². The number of carbonyl (C=O) groups is 1. The number of benzene rings is 2. The molecule has 2 aromatic carbocycles. The Morgan fingerprint density at radius 2 is 1.72 bits per heavy atom. The molecule has 0 bridgehead atoms. The summed E-state index contributed by atoms with van der Waals surface area (Å²) in [6.07, 6.45) is 3.22. The lowest BCUT2D eigenvalue weighted by atomic mass is 9.99. The van der Waals surface area contributed by atoms with E-state index in [1.165, 1.54) is 16.8 Å². The van der Waals surface area contributed by atoms with Crippen molar-refractivity contribution in [1.29, 1.82) is 0 Å². The van der Waals surface area contributed by atoms with Crippen molar-refractivity contribution in [1.82, 2.24) is 4.90 Å². The van der Waals surface area contributed by atoms with Crippen molar-refractivity contribution < 1.29 is 9.53 Å². The van der Waals surface area contributed by atoms with Crippen LogP contribution < -0.4 is 10.2 Å². The third-order valence-corrected chi connectivity index (χ3v) is 5.82. The standard InChI is InChI=1S/C24H29N3O2/c1-19(26-13-11-21(12-14-26)20-5-3-2-4-6-20)24(28)25-22-7-9-23(10-8-22)27-15-17-29-18-16-27/h2-11,19H,12-18H2,1H3,(H,25,28)/t19-/m1/s1. The van der Waals surface area contributed by atoms with E-state index in [0.717, 1.165) is 51.5 Å². The lowest BCUT2D eigenvalue weighted by Gasteiger charge is -2.31. The first-order valence-corrected chi connectivity index (χ1v) is 10.4.